The normalized spacial score (nSPS) is 16.7. The maximum Gasteiger partial charge on any atom is 0.240 e. The van der Waals surface area contributed by atoms with E-state index in [2.05, 4.69) is 26.8 Å². The van der Waals surface area contributed by atoms with E-state index in [-0.39, 0.29) is 0 Å². The summed E-state index contributed by atoms with van der Waals surface area (Å²) in [6, 6.07) is 2.06. The van der Waals surface area contributed by atoms with Crippen LogP contribution in [0.15, 0.2) is 29.2 Å². The summed E-state index contributed by atoms with van der Waals surface area (Å²) in [4.78, 5) is 8.75. The van der Waals surface area contributed by atoms with E-state index in [9.17, 15) is 0 Å². The molecule has 3 rings (SSSR count). The van der Waals surface area contributed by atoms with Crippen molar-refractivity contribution in [2.24, 2.45) is 0 Å². The van der Waals surface area contributed by atoms with Crippen molar-refractivity contribution in [3.8, 4) is 17.1 Å². The molecule has 1 aliphatic carbocycles. The van der Waals surface area contributed by atoms with Gasteiger partial charge in [-0.3, -0.25) is 0 Å². The second kappa shape index (κ2) is 5.48. The SMILES string of the molecule is c1cnc(-c2ccsc2)c(OC2CCCCC2)n1. The van der Waals surface area contributed by atoms with Crippen molar-refractivity contribution in [3.63, 3.8) is 0 Å². The standard InChI is InChI=1S/C14H16N2OS/c1-2-4-12(5-3-1)17-14-13(15-7-8-16-14)11-6-9-18-10-11/h6-10,12H,1-5H2. The fourth-order valence-electron chi connectivity index (χ4n) is 2.35. The van der Waals surface area contributed by atoms with Crippen LogP contribution in [0.2, 0.25) is 0 Å². The summed E-state index contributed by atoms with van der Waals surface area (Å²) in [6.07, 6.45) is 9.87. The summed E-state index contributed by atoms with van der Waals surface area (Å²) in [5.74, 6) is 0.683. The molecule has 0 N–H and O–H groups in total. The third-order valence-corrected chi connectivity index (χ3v) is 3.97. The van der Waals surface area contributed by atoms with Crippen LogP contribution < -0.4 is 4.74 Å². The molecule has 94 valence electrons. The summed E-state index contributed by atoms with van der Waals surface area (Å²) >= 11 is 1.67. The molecule has 0 aliphatic heterocycles. The maximum atomic E-state index is 6.04. The van der Waals surface area contributed by atoms with Gasteiger partial charge in [0.05, 0.1) is 0 Å². The minimum Gasteiger partial charge on any atom is -0.473 e. The second-order valence-corrected chi connectivity index (χ2v) is 5.38. The highest BCUT2D eigenvalue weighted by Crippen LogP contribution is 2.30. The molecule has 0 saturated heterocycles. The van der Waals surface area contributed by atoms with Gasteiger partial charge in [0.25, 0.3) is 0 Å². The summed E-state index contributed by atoms with van der Waals surface area (Å²) in [5, 5.41) is 4.13. The Hall–Kier alpha value is -1.42. The van der Waals surface area contributed by atoms with E-state index in [1.54, 1.807) is 23.7 Å². The lowest BCUT2D eigenvalue weighted by atomic mass is 9.98. The van der Waals surface area contributed by atoms with Gasteiger partial charge in [-0.1, -0.05) is 6.42 Å². The van der Waals surface area contributed by atoms with Crippen LogP contribution in [0.1, 0.15) is 32.1 Å². The molecular weight excluding hydrogens is 244 g/mol. The van der Waals surface area contributed by atoms with Gasteiger partial charge in [0.1, 0.15) is 11.8 Å². The molecule has 0 spiro atoms. The molecule has 4 heteroatoms. The fraction of sp³-hybridized carbons (Fsp3) is 0.429. The van der Waals surface area contributed by atoms with Crippen LogP contribution >= 0.6 is 11.3 Å². The number of ether oxygens (including phenoxy) is 1. The van der Waals surface area contributed by atoms with Gasteiger partial charge >= 0.3 is 0 Å². The quantitative estimate of drug-likeness (QED) is 0.839. The topological polar surface area (TPSA) is 35.0 Å². The Bertz CT molecular complexity index is 492. The largest absolute Gasteiger partial charge is 0.473 e. The van der Waals surface area contributed by atoms with Crippen LogP contribution in [0.3, 0.4) is 0 Å². The van der Waals surface area contributed by atoms with Gasteiger partial charge in [0, 0.05) is 23.3 Å². The highest BCUT2D eigenvalue weighted by atomic mass is 32.1. The first kappa shape index (κ1) is 11.7. The van der Waals surface area contributed by atoms with Gasteiger partial charge in [-0.25, -0.2) is 9.97 Å². The number of hydrogen-bond donors (Lipinski definition) is 0. The molecule has 2 aromatic rings. The minimum absolute atomic E-state index is 0.313. The molecule has 1 fully saturated rings. The predicted octanol–water partition coefficient (Wildman–Crippen LogP) is 3.92. The van der Waals surface area contributed by atoms with Crippen LogP contribution in [0, 0.1) is 0 Å². The molecule has 0 amide bonds. The Morgan fingerprint density at radius 3 is 2.72 bits per heavy atom. The lowest BCUT2D eigenvalue weighted by Gasteiger charge is -2.22. The van der Waals surface area contributed by atoms with E-state index in [1.807, 2.05) is 0 Å². The molecule has 0 aromatic carbocycles. The first-order chi connectivity index (χ1) is 8.93. The summed E-state index contributed by atoms with van der Waals surface area (Å²) in [6.45, 7) is 0. The van der Waals surface area contributed by atoms with Crippen LogP contribution in [-0.2, 0) is 0 Å². The molecule has 2 heterocycles. The zero-order chi connectivity index (χ0) is 12.2. The number of rotatable bonds is 3. The molecular formula is C14H16N2OS. The second-order valence-electron chi connectivity index (χ2n) is 4.60. The number of hydrogen-bond acceptors (Lipinski definition) is 4. The number of thiophene rings is 1. The van der Waals surface area contributed by atoms with E-state index >= 15 is 0 Å². The van der Waals surface area contributed by atoms with E-state index < -0.39 is 0 Å². The zero-order valence-corrected chi connectivity index (χ0v) is 11.0. The molecule has 0 radical (unpaired) electrons. The highest BCUT2D eigenvalue weighted by molar-refractivity contribution is 7.08. The Labute approximate surface area is 111 Å². The summed E-state index contributed by atoms with van der Waals surface area (Å²) in [7, 11) is 0. The minimum atomic E-state index is 0.313. The van der Waals surface area contributed by atoms with Gasteiger partial charge in [-0.05, 0) is 37.1 Å². The van der Waals surface area contributed by atoms with Crippen LogP contribution in [-0.4, -0.2) is 16.1 Å². The molecule has 3 nitrogen and oxygen atoms in total. The monoisotopic (exact) mass is 260 g/mol. The van der Waals surface area contributed by atoms with Gasteiger partial charge < -0.3 is 4.74 Å². The van der Waals surface area contributed by atoms with Crippen molar-refractivity contribution in [3.05, 3.63) is 29.2 Å². The number of aromatic nitrogens is 2. The predicted molar refractivity (Wildman–Crippen MR) is 72.8 cm³/mol. The third kappa shape index (κ3) is 2.53. The van der Waals surface area contributed by atoms with E-state index in [0.717, 1.165) is 24.1 Å². The van der Waals surface area contributed by atoms with E-state index in [4.69, 9.17) is 4.74 Å². The third-order valence-electron chi connectivity index (χ3n) is 3.29. The molecule has 18 heavy (non-hydrogen) atoms. The lowest BCUT2D eigenvalue weighted by Crippen LogP contribution is -2.20. The average Bonchev–Trinajstić information content (AvgIpc) is 2.94. The maximum absolute atomic E-state index is 6.04. The van der Waals surface area contributed by atoms with Crippen molar-refractivity contribution in [1.29, 1.82) is 0 Å². The first-order valence-electron chi connectivity index (χ1n) is 6.44. The lowest BCUT2D eigenvalue weighted by molar-refractivity contribution is 0.149. The van der Waals surface area contributed by atoms with Crippen molar-refractivity contribution < 1.29 is 4.74 Å². The zero-order valence-electron chi connectivity index (χ0n) is 10.2. The Morgan fingerprint density at radius 2 is 1.94 bits per heavy atom. The molecule has 0 atom stereocenters. The smallest absolute Gasteiger partial charge is 0.240 e. The van der Waals surface area contributed by atoms with Crippen molar-refractivity contribution in [2.75, 3.05) is 0 Å². The summed E-state index contributed by atoms with van der Waals surface area (Å²) < 4.78 is 6.04. The fourth-order valence-corrected chi connectivity index (χ4v) is 2.99. The van der Waals surface area contributed by atoms with Gasteiger partial charge in [0.2, 0.25) is 5.88 Å². The van der Waals surface area contributed by atoms with E-state index in [1.165, 1.54) is 19.3 Å². The molecule has 0 bridgehead atoms. The van der Waals surface area contributed by atoms with Crippen molar-refractivity contribution >= 4 is 11.3 Å². The van der Waals surface area contributed by atoms with Gasteiger partial charge in [-0.2, -0.15) is 11.3 Å². The average molecular weight is 260 g/mol. The van der Waals surface area contributed by atoms with Crippen LogP contribution in [0.25, 0.3) is 11.3 Å². The molecule has 2 aromatic heterocycles. The van der Waals surface area contributed by atoms with E-state index in [0.29, 0.717) is 12.0 Å². The van der Waals surface area contributed by atoms with Crippen molar-refractivity contribution in [1.82, 2.24) is 9.97 Å². The molecule has 0 unspecified atom stereocenters. The van der Waals surface area contributed by atoms with Crippen molar-refractivity contribution in [2.45, 2.75) is 38.2 Å². The van der Waals surface area contributed by atoms with Crippen LogP contribution in [0.4, 0.5) is 0 Å². The first-order valence-corrected chi connectivity index (χ1v) is 7.38. The van der Waals surface area contributed by atoms with Gasteiger partial charge in [0.15, 0.2) is 0 Å². The molecule has 1 aliphatic rings. The Kier molecular flexibility index (Phi) is 3.55. The Morgan fingerprint density at radius 1 is 1.11 bits per heavy atom. The number of nitrogens with zero attached hydrogens (tertiary/aromatic N) is 2. The van der Waals surface area contributed by atoms with Crippen LogP contribution in [0.5, 0.6) is 5.88 Å². The van der Waals surface area contributed by atoms with Gasteiger partial charge in [-0.15, -0.1) is 0 Å². The highest BCUT2D eigenvalue weighted by Gasteiger charge is 2.18. The molecule has 1 saturated carbocycles. The summed E-state index contributed by atoms with van der Waals surface area (Å²) in [5.41, 5.74) is 1.96. The Balaban J connectivity index is 1.83.